The number of rotatable bonds is 11. The number of aliphatic hydroxyl groups excluding tert-OH is 1. The molecular weight excluding hydrogens is 626 g/mol. The van der Waals surface area contributed by atoms with E-state index in [2.05, 4.69) is 10.2 Å². The summed E-state index contributed by atoms with van der Waals surface area (Å²) in [7, 11) is 0. The molecule has 8 nitrogen and oxygen atoms in total. The average Bonchev–Trinajstić information content (AvgIpc) is 3.65. The molecule has 1 amide bonds. The van der Waals surface area contributed by atoms with Crippen molar-refractivity contribution in [2.75, 3.05) is 11.5 Å². The average molecular weight is 654 g/mol. The molecule has 0 spiro atoms. The van der Waals surface area contributed by atoms with Gasteiger partial charge in [-0.2, -0.15) is 0 Å². The third-order valence-corrected chi connectivity index (χ3v) is 9.32. The van der Waals surface area contributed by atoms with Gasteiger partial charge in [-0.05, 0) is 66.1 Å². The minimum atomic E-state index is -1.02. The number of nitrogens with zero attached hydrogens (tertiary/aromatic N) is 3. The summed E-state index contributed by atoms with van der Waals surface area (Å²) < 4.78 is 26.3. The van der Waals surface area contributed by atoms with Crippen LogP contribution in [-0.2, 0) is 21.9 Å². The van der Waals surface area contributed by atoms with E-state index >= 15 is 0 Å². The van der Waals surface area contributed by atoms with Gasteiger partial charge in [-0.25, -0.2) is 4.39 Å². The molecule has 1 saturated heterocycles. The Morgan fingerprint density at radius 3 is 2.43 bits per heavy atom. The van der Waals surface area contributed by atoms with Crippen molar-refractivity contribution in [2.45, 2.75) is 29.7 Å². The number of anilines is 1. The van der Waals surface area contributed by atoms with E-state index in [0.29, 0.717) is 51.5 Å². The van der Waals surface area contributed by atoms with E-state index in [0.717, 1.165) is 16.9 Å². The molecule has 2 heterocycles. The van der Waals surface area contributed by atoms with Crippen LogP contribution in [0.15, 0.2) is 113 Å². The molecule has 1 aliphatic rings. The lowest BCUT2D eigenvalue weighted by Crippen LogP contribution is -2.29. The minimum absolute atomic E-state index is 0.0925. The SMILES string of the molecule is CCOc1ccc(/C(O)=C2\C(=O)C(=O)N(c3nnc(SCc4ccccc4F)s3)C2c2cccc(OCc3ccccc3)c2)cc1. The number of carbonyl (C=O) groups is 2. The number of ketones is 1. The van der Waals surface area contributed by atoms with Gasteiger partial charge in [0, 0.05) is 11.3 Å². The van der Waals surface area contributed by atoms with Gasteiger partial charge in [0.2, 0.25) is 5.13 Å². The first-order chi connectivity index (χ1) is 22.4. The second-order valence-electron chi connectivity index (χ2n) is 10.2. The Labute approximate surface area is 273 Å². The lowest BCUT2D eigenvalue weighted by atomic mass is 9.95. The van der Waals surface area contributed by atoms with Gasteiger partial charge in [-0.3, -0.25) is 14.5 Å². The molecule has 1 aromatic heterocycles. The van der Waals surface area contributed by atoms with E-state index < -0.39 is 17.7 Å². The number of benzene rings is 4. The summed E-state index contributed by atoms with van der Waals surface area (Å²) in [6, 6.07) is 28.8. The van der Waals surface area contributed by atoms with Gasteiger partial charge in [-0.15, -0.1) is 10.2 Å². The molecule has 0 aliphatic carbocycles. The third-order valence-electron chi connectivity index (χ3n) is 7.22. The maximum absolute atomic E-state index is 14.2. The number of halogens is 1. The summed E-state index contributed by atoms with van der Waals surface area (Å²) in [6.07, 6.45) is 0. The number of ether oxygens (including phenoxy) is 2. The topological polar surface area (TPSA) is 102 Å². The van der Waals surface area contributed by atoms with Gasteiger partial charge >= 0.3 is 5.91 Å². The third kappa shape index (κ3) is 6.65. The Kier molecular flexibility index (Phi) is 9.41. The van der Waals surface area contributed by atoms with E-state index in [1.165, 1.54) is 22.7 Å². The molecule has 0 saturated carbocycles. The molecule has 1 atom stereocenters. The second kappa shape index (κ2) is 14.0. The monoisotopic (exact) mass is 653 g/mol. The Hall–Kier alpha value is -5.00. The highest BCUT2D eigenvalue weighted by Gasteiger charge is 2.48. The number of hydrogen-bond donors (Lipinski definition) is 1. The van der Waals surface area contributed by atoms with E-state index in [-0.39, 0.29) is 22.3 Å². The number of hydrogen-bond acceptors (Lipinski definition) is 9. The van der Waals surface area contributed by atoms with Crippen LogP contribution in [0.5, 0.6) is 11.5 Å². The number of Topliss-reactive ketones (excluding diaryl/α,β-unsaturated/α-hetero) is 1. The maximum atomic E-state index is 14.2. The van der Waals surface area contributed by atoms with Crippen LogP contribution in [-0.4, -0.2) is 33.6 Å². The smallest absolute Gasteiger partial charge is 0.301 e. The molecule has 0 bridgehead atoms. The molecule has 6 rings (SSSR count). The molecule has 232 valence electrons. The molecule has 4 aromatic carbocycles. The van der Waals surface area contributed by atoms with Crippen LogP contribution in [0, 0.1) is 5.82 Å². The van der Waals surface area contributed by atoms with Crippen molar-refractivity contribution in [3.05, 3.63) is 137 Å². The van der Waals surface area contributed by atoms with E-state index in [4.69, 9.17) is 9.47 Å². The van der Waals surface area contributed by atoms with Gasteiger partial charge in [-0.1, -0.05) is 83.8 Å². The normalized spacial score (nSPS) is 15.7. The summed E-state index contributed by atoms with van der Waals surface area (Å²) in [4.78, 5) is 28.6. The number of thioether (sulfide) groups is 1. The zero-order valence-corrected chi connectivity index (χ0v) is 26.3. The van der Waals surface area contributed by atoms with E-state index in [1.807, 2.05) is 37.3 Å². The van der Waals surface area contributed by atoms with Gasteiger partial charge in [0.05, 0.1) is 18.2 Å². The molecule has 1 fully saturated rings. The van der Waals surface area contributed by atoms with Gasteiger partial charge in [0.1, 0.15) is 29.7 Å². The fraction of sp³-hybridized carbons (Fsp3) is 0.143. The van der Waals surface area contributed by atoms with Crippen LogP contribution in [0.4, 0.5) is 9.52 Å². The molecule has 1 unspecified atom stereocenters. The largest absolute Gasteiger partial charge is 0.507 e. The zero-order valence-electron chi connectivity index (χ0n) is 24.6. The van der Waals surface area contributed by atoms with Crippen molar-refractivity contribution in [3.8, 4) is 11.5 Å². The molecule has 1 N–H and O–H groups in total. The van der Waals surface area contributed by atoms with Crippen LogP contribution in [0.25, 0.3) is 5.76 Å². The van der Waals surface area contributed by atoms with E-state index in [9.17, 15) is 19.1 Å². The molecule has 5 aromatic rings. The molecule has 0 radical (unpaired) electrons. The molecule has 1 aliphatic heterocycles. The highest BCUT2D eigenvalue weighted by molar-refractivity contribution is 8.00. The fourth-order valence-corrected chi connectivity index (χ4v) is 6.86. The second-order valence-corrected chi connectivity index (χ2v) is 12.4. The van der Waals surface area contributed by atoms with Crippen molar-refractivity contribution in [1.29, 1.82) is 0 Å². The predicted octanol–water partition coefficient (Wildman–Crippen LogP) is 7.57. The summed E-state index contributed by atoms with van der Waals surface area (Å²) in [5.41, 5.74) is 2.27. The van der Waals surface area contributed by atoms with Crippen molar-refractivity contribution in [3.63, 3.8) is 0 Å². The van der Waals surface area contributed by atoms with Crippen molar-refractivity contribution < 1.29 is 28.6 Å². The lowest BCUT2D eigenvalue weighted by molar-refractivity contribution is -0.132. The first-order valence-corrected chi connectivity index (χ1v) is 16.2. The Balaban J connectivity index is 1.37. The summed E-state index contributed by atoms with van der Waals surface area (Å²) >= 11 is 2.38. The molecule has 11 heteroatoms. The van der Waals surface area contributed by atoms with Crippen LogP contribution in [0.2, 0.25) is 0 Å². The molecular formula is C35H28FN3O5S2. The van der Waals surface area contributed by atoms with Gasteiger partial charge in [0.25, 0.3) is 5.78 Å². The summed E-state index contributed by atoms with van der Waals surface area (Å²) in [5, 5.41) is 20.2. The molecule has 46 heavy (non-hydrogen) atoms. The van der Waals surface area contributed by atoms with Crippen molar-refractivity contribution in [2.24, 2.45) is 0 Å². The summed E-state index contributed by atoms with van der Waals surface area (Å²) in [6.45, 7) is 2.65. The number of amides is 1. The zero-order chi connectivity index (χ0) is 32.0. The fourth-order valence-electron chi connectivity index (χ4n) is 5.00. The van der Waals surface area contributed by atoms with Crippen LogP contribution >= 0.6 is 23.1 Å². The number of aliphatic hydroxyl groups is 1. The standard InChI is InChI=1S/C35H28FN3O5S2/c1-2-43-26-17-15-23(16-18-26)31(40)29-30(24-12-8-13-27(19-24)44-20-22-9-4-3-5-10-22)39(33(42)32(29)41)34-37-38-35(46-34)45-21-25-11-6-7-14-28(25)36/h3-19,30,40H,2,20-21H2,1H3/b31-29+. The first-order valence-electron chi connectivity index (χ1n) is 14.4. The minimum Gasteiger partial charge on any atom is -0.507 e. The first kappa shape index (κ1) is 31.0. The van der Waals surface area contributed by atoms with Crippen molar-refractivity contribution >= 4 is 45.7 Å². The highest BCUT2D eigenvalue weighted by Crippen LogP contribution is 2.44. The Morgan fingerprint density at radius 1 is 0.913 bits per heavy atom. The maximum Gasteiger partial charge on any atom is 0.301 e. The number of carbonyl (C=O) groups excluding carboxylic acids is 2. The Morgan fingerprint density at radius 2 is 1.67 bits per heavy atom. The van der Waals surface area contributed by atoms with Gasteiger partial charge < -0.3 is 14.6 Å². The van der Waals surface area contributed by atoms with Crippen molar-refractivity contribution in [1.82, 2.24) is 10.2 Å². The quantitative estimate of drug-likeness (QED) is 0.0512. The van der Waals surface area contributed by atoms with Crippen LogP contribution in [0.1, 0.15) is 35.2 Å². The van der Waals surface area contributed by atoms with Crippen LogP contribution < -0.4 is 14.4 Å². The van der Waals surface area contributed by atoms with Gasteiger partial charge in [0.15, 0.2) is 4.34 Å². The highest BCUT2D eigenvalue weighted by atomic mass is 32.2. The lowest BCUT2D eigenvalue weighted by Gasteiger charge is -2.23. The van der Waals surface area contributed by atoms with E-state index in [1.54, 1.807) is 66.7 Å². The van der Waals surface area contributed by atoms with Crippen LogP contribution in [0.3, 0.4) is 0 Å². The predicted molar refractivity (Wildman–Crippen MR) is 175 cm³/mol. The number of aromatic nitrogens is 2. The summed E-state index contributed by atoms with van der Waals surface area (Å²) in [5.74, 6) is -0.933. The Bertz CT molecular complexity index is 1900.